The first-order chi connectivity index (χ1) is 14.2. The van der Waals surface area contributed by atoms with Crippen LogP contribution in [0.3, 0.4) is 0 Å². The minimum absolute atomic E-state index is 0.313. The van der Waals surface area contributed by atoms with Gasteiger partial charge in [0, 0.05) is 12.8 Å². The zero-order valence-corrected chi connectivity index (χ0v) is 20.5. The molecule has 1 nitrogen and oxygen atoms in total. The van der Waals surface area contributed by atoms with Gasteiger partial charge in [0.2, 0.25) is 0 Å². The average Bonchev–Trinajstić information content (AvgIpc) is 3.06. The fourth-order valence-electron chi connectivity index (χ4n) is 8.66. The Morgan fingerprint density at radius 2 is 1.83 bits per heavy atom. The highest BCUT2D eigenvalue weighted by atomic mass is 16.1. The molecule has 0 saturated heterocycles. The highest BCUT2D eigenvalue weighted by molar-refractivity contribution is 5.82. The quantitative estimate of drug-likeness (QED) is 0.419. The number of Topliss-reactive ketones (excluding diaryl/α,β-unsaturated/α-hetero) is 1. The molecule has 0 radical (unpaired) electrons. The van der Waals surface area contributed by atoms with Crippen molar-refractivity contribution < 1.29 is 4.79 Å². The van der Waals surface area contributed by atoms with Crippen LogP contribution in [-0.2, 0) is 4.79 Å². The van der Waals surface area contributed by atoms with E-state index in [1.54, 1.807) is 0 Å². The predicted molar refractivity (Wildman–Crippen MR) is 127 cm³/mol. The molecule has 0 unspecified atom stereocenters. The standard InChI is InChI=1S/C29H46O/c1-7-21(19(2)3)9-8-20(4)25-12-13-26-24-11-10-22-18-23(30)14-16-28(22,5)27(24)15-17-29(25,26)6/h8-10,19-21,24-27H,7,11-18H2,1-6H3/b9-8-/t20-,21-,24+,25-,26+,27+,28+,29-/m1/s1. The van der Waals surface area contributed by atoms with Crippen molar-refractivity contribution in [2.45, 2.75) is 99.3 Å². The topological polar surface area (TPSA) is 17.1 Å². The smallest absolute Gasteiger partial charge is 0.136 e. The lowest BCUT2D eigenvalue weighted by Gasteiger charge is -2.57. The lowest BCUT2D eigenvalue weighted by Crippen LogP contribution is -2.50. The second kappa shape index (κ2) is 8.25. The fraction of sp³-hybridized carbons (Fsp3) is 0.828. The molecular weight excluding hydrogens is 364 g/mol. The van der Waals surface area contributed by atoms with Gasteiger partial charge < -0.3 is 0 Å². The van der Waals surface area contributed by atoms with Crippen molar-refractivity contribution in [3.63, 3.8) is 0 Å². The Morgan fingerprint density at radius 1 is 1.07 bits per heavy atom. The molecule has 0 bridgehead atoms. The SMILES string of the molecule is CC[C@H](/C=C\[C@@H](C)[C@H]1CC[C@H]2[C@@H]3CC=C4CC(=O)CC[C@]4(C)[C@H]3CC[C@]12C)C(C)C. The van der Waals surface area contributed by atoms with Crippen LogP contribution in [0.5, 0.6) is 0 Å². The third kappa shape index (κ3) is 3.57. The monoisotopic (exact) mass is 410 g/mol. The first kappa shape index (κ1) is 22.3. The number of allylic oxidation sites excluding steroid dienone is 4. The van der Waals surface area contributed by atoms with Crippen molar-refractivity contribution in [1.82, 2.24) is 0 Å². The number of rotatable bonds is 5. The Hall–Kier alpha value is -0.850. The summed E-state index contributed by atoms with van der Waals surface area (Å²) in [4.78, 5) is 12.1. The number of hydrogen-bond acceptors (Lipinski definition) is 1. The van der Waals surface area contributed by atoms with Crippen LogP contribution in [-0.4, -0.2) is 5.78 Å². The molecule has 4 rings (SSSR count). The van der Waals surface area contributed by atoms with E-state index in [0.717, 1.165) is 54.8 Å². The molecule has 4 aliphatic rings. The maximum Gasteiger partial charge on any atom is 0.136 e. The van der Waals surface area contributed by atoms with Crippen molar-refractivity contribution in [2.75, 3.05) is 0 Å². The Balaban J connectivity index is 1.53. The first-order valence-corrected chi connectivity index (χ1v) is 13.1. The molecule has 0 heterocycles. The van der Waals surface area contributed by atoms with E-state index in [2.05, 4.69) is 59.8 Å². The van der Waals surface area contributed by atoms with E-state index in [1.807, 2.05) is 0 Å². The molecule has 0 N–H and O–H groups in total. The number of fused-ring (bicyclic) bond motifs is 5. The molecule has 30 heavy (non-hydrogen) atoms. The minimum Gasteiger partial charge on any atom is -0.299 e. The van der Waals surface area contributed by atoms with Gasteiger partial charge in [0.05, 0.1) is 0 Å². The summed E-state index contributed by atoms with van der Waals surface area (Å²) in [7, 11) is 0. The molecule has 0 spiro atoms. The molecule has 0 aromatic heterocycles. The van der Waals surface area contributed by atoms with Crippen molar-refractivity contribution in [1.29, 1.82) is 0 Å². The second-order valence-electron chi connectivity index (χ2n) is 12.3. The van der Waals surface area contributed by atoms with E-state index in [-0.39, 0.29) is 0 Å². The van der Waals surface area contributed by atoms with Gasteiger partial charge in [0.25, 0.3) is 0 Å². The van der Waals surface area contributed by atoms with Crippen LogP contribution in [0.25, 0.3) is 0 Å². The molecule has 0 aromatic rings. The van der Waals surface area contributed by atoms with E-state index in [9.17, 15) is 4.79 Å². The Kier molecular flexibility index (Phi) is 6.15. The van der Waals surface area contributed by atoms with Crippen molar-refractivity contribution in [3.8, 4) is 0 Å². The van der Waals surface area contributed by atoms with Crippen LogP contribution in [0.4, 0.5) is 0 Å². The molecule has 8 atom stereocenters. The lowest BCUT2D eigenvalue weighted by molar-refractivity contribution is -0.122. The summed E-state index contributed by atoms with van der Waals surface area (Å²) in [6, 6.07) is 0. The summed E-state index contributed by atoms with van der Waals surface area (Å²) in [5, 5.41) is 0. The summed E-state index contributed by atoms with van der Waals surface area (Å²) >= 11 is 0. The number of carbonyl (C=O) groups excluding carboxylic acids is 1. The third-order valence-electron chi connectivity index (χ3n) is 10.6. The van der Waals surface area contributed by atoms with Gasteiger partial charge in [-0.2, -0.15) is 0 Å². The molecule has 0 aliphatic heterocycles. The number of carbonyl (C=O) groups is 1. The summed E-state index contributed by atoms with van der Waals surface area (Å²) in [5.41, 5.74) is 2.33. The molecule has 168 valence electrons. The minimum atomic E-state index is 0.313. The van der Waals surface area contributed by atoms with Crippen LogP contribution in [0, 0.1) is 52.3 Å². The number of ketones is 1. The zero-order chi connectivity index (χ0) is 21.7. The van der Waals surface area contributed by atoms with Crippen LogP contribution >= 0.6 is 0 Å². The van der Waals surface area contributed by atoms with E-state index < -0.39 is 0 Å². The highest BCUT2D eigenvalue weighted by Crippen LogP contribution is 2.67. The molecule has 0 aromatic carbocycles. The zero-order valence-electron chi connectivity index (χ0n) is 20.5. The van der Waals surface area contributed by atoms with Crippen LogP contribution < -0.4 is 0 Å². The van der Waals surface area contributed by atoms with E-state index in [4.69, 9.17) is 0 Å². The van der Waals surface area contributed by atoms with Gasteiger partial charge in [-0.15, -0.1) is 0 Å². The van der Waals surface area contributed by atoms with Gasteiger partial charge in [0.1, 0.15) is 5.78 Å². The largest absolute Gasteiger partial charge is 0.299 e. The summed E-state index contributed by atoms with van der Waals surface area (Å²) in [5.74, 6) is 6.04. The molecule has 3 fully saturated rings. The van der Waals surface area contributed by atoms with Crippen molar-refractivity contribution in [2.24, 2.45) is 52.3 Å². The van der Waals surface area contributed by atoms with Crippen molar-refractivity contribution >= 4 is 5.78 Å². The Morgan fingerprint density at radius 3 is 2.53 bits per heavy atom. The lowest BCUT2D eigenvalue weighted by atomic mass is 9.47. The van der Waals surface area contributed by atoms with Crippen LogP contribution in [0.15, 0.2) is 23.8 Å². The van der Waals surface area contributed by atoms with Gasteiger partial charge >= 0.3 is 0 Å². The molecular formula is C29H46O. The molecule has 4 aliphatic carbocycles. The fourth-order valence-corrected chi connectivity index (χ4v) is 8.66. The van der Waals surface area contributed by atoms with Crippen LogP contribution in [0.1, 0.15) is 99.3 Å². The maximum atomic E-state index is 12.1. The van der Waals surface area contributed by atoms with E-state index in [1.165, 1.54) is 44.1 Å². The summed E-state index contributed by atoms with van der Waals surface area (Å²) < 4.78 is 0. The average molecular weight is 411 g/mol. The van der Waals surface area contributed by atoms with Gasteiger partial charge in [0.15, 0.2) is 0 Å². The maximum absolute atomic E-state index is 12.1. The van der Waals surface area contributed by atoms with Gasteiger partial charge in [-0.05, 0) is 97.2 Å². The summed E-state index contributed by atoms with van der Waals surface area (Å²) in [6.45, 7) is 14.7. The highest BCUT2D eigenvalue weighted by Gasteiger charge is 2.58. The Labute approximate surface area is 186 Å². The van der Waals surface area contributed by atoms with E-state index >= 15 is 0 Å². The second-order valence-corrected chi connectivity index (χ2v) is 12.3. The third-order valence-corrected chi connectivity index (χ3v) is 10.6. The molecule has 3 saturated carbocycles. The van der Waals surface area contributed by atoms with Gasteiger partial charge in [-0.25, -0.2) is 0 Å². The van der Waals surface area contributed by atoms with Crippen molar-refractivity contribution in [3.05, 3.63) is 23.8 Å². The Bertz CT molecular complexity index is 714. The van der Waals surface area contributed by atoms with Gasteiger partial charge in [-0.1, -0.05) is 65.3 Å². The van der Waals surface area contributed by atoms with E-state index in [0.29, 0.717) is 22.5 Å². The van der Waals surface area contributed by atoms with Gasteiger partial charge in [-0.3, -0.25) is 4.79 Å². The predicted octanol–water partition coefficient (Wildman–Crippen LogP) is 8.01. The first-order valence-electron chi connectivity index (χ1n) is 13.1. The van der Waals surface area contributed by atoms with Crippen LogP contribution in [0.2, 0.25) is 0 Å². The number of hydrogen-bond donors (Lipinski definition) is 0. The summed E-state index contributed by atoms with van der Waals surface area (Å²) in [6.07, 6.45) is 18.5. The molecule has 1 heteroatoms. The normalized spacial score (nSPS) is 43.2. The molecule has 0 amide bonds.